The van der Waals surface area contributed by atoms with Crippen LogP contribution in [0.15, 0.2) is 54.5 Å². The van der Waals surface area contributed by atoms with Crippen molar-refractivity contribution in [1.82, 2.24) is 21.0 Å². The van der Waals surface area contributed by atoms with E-state index in [-0.39, 0.29) is 22.8 Å². The summed E-state index contributed by atoms with van der Waals surface area (Å²) in [6, 6.07) is 14.3. The van der Waals surface area contributed by atoms with Crippen LogP contribution in [-0.4, -0.2) is 22.1 Å². The van der Waals surface area contributed by atoms with Crippen molar-refractivity contribution in [3.8, 4) is 12.1 Å². The summed E-state index contributed by atoms with van der Waals surface area (Å²) in [5.74, 6) is 0.534. The topological polar surface area (TPSA) is 112 Å². The molecule has 0 unspecified atom stereocenters. The van der Waals surface area contributed by atoms with Gasteiger partial charge >= 0.3 is 0 Å². The summed E-state index contributed by atoms with van der Waals surface area (Å²) in [4.78, 5) is 4.46. The summed E-state index contributed by atoms with van der Waals surface area (Å²) in [5, 5.41) is 29.7. The Morgan fingerprint density at radius 1 is 1.13 bits per heavy atom. The number of nitrogens with zero attached hydrogens (tertiary/aromatic N) is 4. The standard InChI is InChI=1S/C30H31FN8/c1-29(2,3)17-35-27-21(14-33)15-34-26-20(13-32)8-23(9-24(26)27)36-28(19-4-6-22(31)7-5-19)25-16-39(38-37-25)30-10-18(11-30)12-30/h4-9,15-16,18,28,36-38H,10-12,17H2,1-3H3,(H,34,35)/t18?,28-,30?/m0/s1. The molecule has 3 aromatic rings. The smallest absolute Gasteiger partial charge is 0.123 e. The number of pyridine rings is 1. The van der Waals surface area contributed by atoms with Gasteiger partial charge in [0.2, 0.25) is 0 Å². The number of fused-ring (bicyclic) bond motifs is 1. The maximum Gasteiger partial charge on any atom is 0.123 e. The highest BCUT2D eigenvalue weighted by Gasteiger charge is 2.60. The molecule has 198 valence electrons. The summed E-state index contributed by atoms with van der Waals surface area (Å²) in [6.45, 7) is 6.98. The van der Waals surface area contributed by atoms with E-state index >= 15 is 0 Å². The van der Waals surface area contributed by atoms with Crippen LogP contribution in [0.2, 0.25) is 0 Å². The van der Waals surface area contributed by atoms with Gasteiger partial charge in [0.1, 0.15) is 18.0 Å². The van der Waals surface area contributed by atoms with Crippen molar-refractivity contribution in [2.75, 3.05) is 17.2 Å². The van der Waals surface area contributed by atoms with E-state index in [1.165, 1.54) is 37.6 Å². The number of hydrogen-bond acceptors (Lipinski definition) is 8. The van der Waals surface area contributed by atoms with Crippen LogP contribution in [0, 0.1) is 39.8 Å². The minimum atomic E-state index is -0.350. The number of aromatic nitrogens is 1. The zero-order valence-corrected chi connectivity index (χ0v) is 22.3. The third kappa shape index (κ3) is 4.49. The normalized spacial score (nSPS) is 22.1. The molecule has 1 aliphatic heterocycles. The molecule has 39 heavy (non-hydrogen) atoms. The molecule has 1 atom stereocenters. The van der Waals surface area contributed by atoms with E-state index in [0.29, 0.717) is 39.9 Å². The average Bonchev–Trinajstić information content (AvgIpc) is 3.32. The molecule has 2 heterocycles. The number of anilines is 2. The Labute approximate surface area is 227 Å². The van der Waals surface area contributed by atoms with E-state index in [0.717, 1.165) is 17.2 Å². The molecule has 0 amide bonds. The molecule has 9 heteroatoms. The second-order valence-corrected chi connectivity index (χ2v) is 12.1. The quantitative estimate of drug-likeness (QED) is 0.324. The fourth-order valence-electron chi connectivity index (χ4n) is 5.72. The van der Waals surface area contributed by atoms with Crippen molar-refractivity contribution < 1.29 is 4.39 Å². The van der Waals surface area contributed by atoms with E-state index in [4.69, 9.17) is 0 Å². The van der Waals surface area contributed by atoms with Crippen molar-refractivity contribution >= 4 is 22.3 Å². The molecule has 8 nitrogen and oxygen atoms in total. The van der Waals surface area contributed by atoms with E-state index in [2.05, 4.69) is 70.7 Å². The summed E-state index contributed by atoms with van der Waals surface area (Å²) in [7, 11) is 0. The lowest BCUT2D eigenvalue weighted by molar-refractivity contribution is -0.141. The first-order chi connectivity index (χ1) is 18.7. The van der Waals surface area contributed by atoms with E-state index in [9.17, 15) is 14.9 Å². The molecule has 3 saturated carbocycles. The second kappa shape index (κ2) is 9.14. The summed E-state index contributed by atoms with van der Waals surface area (Å²) >= 11 is 0. The van der Waals surface area contributed by atoms with Gasteiger partial charge in [0.15, 0.2) is 0 Å². The minimum absolute atomic E-state index is 0.0240. The van der Waals surface area contributed by atoms with Gasteiger partial charge < -0.3 is 16.1 Å². The molecule has 7 rings (SSSR count). The highest BCUT2D eigenvalue weighted by atomic mass is 19.1. The van der Waals surface area contributed by atoms with Crippen LogP contribution in [0.25, 0.3) is 10.9 Å². The van der Waals surface area contributed by atoms with Crippen LogP contribution >= 0.6 is 0 Å². The van der Waals surface area contributed by atoms with Gasteiger partial charge in [0, 0.05) is 30.0 Å². The lowest BCUT2D eigenvalue weighted by Gasteiger charge is -2.64. The largest absolute Gasteiger partial charge is 0.383 e. The van der Waals surface area contributed by atoms with Crippen molar-refractivity contribution in [3.05, 3.63) is 77.0 Å². The Bertz CT molecular complexity index is 1540. The van der Waals surface area contributed by atoms with Crippen LogP contribution in [0.5, 0.6) is 0 Å². The molecule has 2 bridgehead atoms. The summed E-state index contributed by atoms with van der Waals surface area (Å²) in [5.41, 5.74) is 11.2. The lowest BCUT2D eigenvalue weighted by atomic mass is 9.49. The number of nitriles is 2. The Hall–Kier alpha value is -4.34. The first-order valence-corrected chi connectivity index (χ1v) is 13.2. The molecule has 3 fully saturated rings. The molecular weight excluding hydrogens is 491 g/mol. The van der Waals surface area contributed by atoms with Crippen molar-refractivity contribution in [2.45, 2.75) is 51.6 Å². The molecule has 0 spiro atoms. The van der Waals surface area contributed by atoms with Gasteiger partial charge in [-0.05, 0) is 60.4 Å². The van der Waals surface area contributed by atoms with Crippen molar-refractivity contribution in [1.29, 1.82) is 10.5 Å². The van der Waals surface area contributed by atoms with Gasteiger partial charge in [0.05, 0.1) is 39.6 Å². The molecule has 4 aliphatic rings. The van der Waals surface area contributed by atoms with Gasteiger partial charge in [-0.15, -0.1) is 5.53 Å². The minimum Gasteiger partial charge on any atom is -0.383 e. The highest BCUT2D eigenvalue weighted by Crippen LogP contribution is 2.60. The van der Waals surface area contributed by atoms with Crippen molar-refractivity contribution in [3.63, 3.8) is 0 Å². The lowest BCUT2D eigenvalue weighted by Crippen LogP contribution is -2.69. The number of benzene rings is 2. The van der Waals surface area contributed by atoms with Gasteiger partial charge in [0.25, 0.3) is 0 Å². The molecule has 3 aliphatic carbocycles. The van der Waals surface area contributed by atoms with Gasteiger partial charge in [-0.2, -0.15) is 10.5 Å². The van der Waals surface area contributed by atoms with Crippen LogP contribution < -0.4 is 21.6 Å². The third-order valence-electron chi connectivity index (χ3n) is 7.94. The molecular formula is C30H31FN8. The van der Waals surface area contributed by atoms with Gasteiger partial charge in [-0.1, -0.05) is 32.9 Å². The zero-order chi connectivity index (χ0) is 27.4. The molecule has 1 aromatic heterocycles. The predicted octanol–water partition coefficient (Wildman–Crippen LogP) is 5.45. The first-order valence-electron chi connectivity index (χ1n) is 13.2. The van der Waals surface area contributed by atoms with Crippen LogP contribution in [0.4, 0.5) is 15.8 Å². The van der Waals surface area contributed by atoms with E-state index in [1.807, 2.05) is 6.07 Å². The zero-order valence-electron chi connectivity index (χ0n) is 22.3. The van der Waals surface area contributed by atoms with E-state index < -0.39 is 0 Å². The van der Waals surface area contributed by atoms with Crippen LogP contribution in [0.1, 0.15) is 62.8 Å². The Kier molecular flexibility index (Phi) is 5.85. The van der Waals surface area contributed by atoms with E-state index in [1.54, 1.807) is 18.2 Å². The summed E-state index contributed by atoms with van der Waals surface area (Å²) in [6.07, 6.45) is 7.17. The van der Waals surface area contributed by atoms with Crippen LogP contribution in [-0.2, 0) is 0 Å². The maximum absolute atomic E-state index is 13.8. The van der Waals surface area contributed by atoms with Gasteiger partial charge in [-0.25, -0.2) is 4.39 Å². The number of halogens is 1. The Balaban J connectivity index is 1.41. The SMILES string of the molecule is CC(C)(C)CNc1c(C#N)cnc2c(C#N)cc(N[C@H](C3=CN(C45CC(C4)C5)NN3)c3ccc(F)cc3)cc12. The maximum atomic E-state index is 13.8. The molecule has 0 radical (unpaired) electrons. The Morgan fingerprint density at radius 2 is 1.85 bits per heavy atom. The number of hydrazine groups is 2. The summed E-state index contributed by atoms with van der Waals surface area (Å²) < 4.78 is 13.8. The Morgan fingerprint density at radius 3 is 2.46 bits per heavy atom. The average molecular weight is 523 g/mol. The monoisotopic (exact) mass is 522 g/mol. The van der Waals surface area contributed by atoms with Crippen LogP contribution in [0.3, 0.4) is 0 Å². The second-order valence-electron chi connectivity index (χ2n) is 12.1. The molecule has 4 N–H and O–H groups in total. The molecule has 0 saturated heterocycles. The fourth-order valence-corrected chi connectivity index (χ4v) is 5.72. The third-order valence-corrected chi connectivity index (χ3v) is 7.94. The van der Waals surface area contributed by atoms with Gasteiger partial charge in [-0.3, -0.25) is 9.99 Å². The number of rotatable bonds is 7. The van der Waals surface area contributed by atoms with Crippen molar-refractivity contribution in [2.24, 2.45) is 11.3 Å². The first kappa shape index (κ1) is 25.0. The predicted molar refractivity (Wildman–Crippen MR) is 148 cm³/mol. The molecule has 2 aromatic carbocycles. The highest BCUT2D eigenvalue weighted by molar-refractivity contribution is 5.99. The fraction of sp³-hybridized carbons (Fsp3) is 0.367. The number of hydrogen-bond donors (Lipinski definition) is 4. The number of nitrogens with one attached hydrogen (secondary N) is 4.